The van der Waals surface area contributed by atoms with E-state index in [0.29, 0.717) is 6.42 Å². The van der Waals surface area contributed by atoms with Crippen LogP contribution in [0, 0.1) is 4.91 Å². The lowest BCUT2D eigenvalue weighted by atomic mass is 10.1. The van der Waals surface area contributed by atoms with E-state index in [9.17, 15) is 9.70 Å². The minimum absolute atomic E-state index is 0.175. The molecule has 4 heteroatoms. The van der Waals surface area contributed by atoms with Crippen molar-refractivity contribution in [2.75, 3.05) is 7.05 Å². The van der Waals surface area contributed by atoms with E-state index in [1.165, 1.54) is 64.8 Å². The fourth-order valence-electron chi connectivity index (χ4n) is 2.15. The smallest absolute Gasteiger partial charge is 0.244 e. The summed E-state index contributed by atoms with van der Waals surface area (Å²) in [5.41, 5.74) is 0. The molecule has 4 nitrogen and oxygen atoms in total. The van der Waals surface area contributed by atoms with Gasteiger partial charge in [-0.05, 0) is 6.42 Å². The van der Waals surface area contributed by atoms with Gasteiger partial charge in [0, 0.05) is 13.5 Å². The molecule has 0 fully saturated rings. The van der Waals surface area contributed by atoms with Crippen molar-refractivity contribution in [2.24, 2.45) is 5.29 Å². The summed E-state index contributed by atoms with van der Waals surface area (Å²) in [6, 6.07) is 0. The fourth-order valence-corrected chi connectivity index (χ4v) is 2.15. The third-order valence-electron chi connectivity index (χ3n) is 3.48. The third kappa shape index (κ3) is 11.9. The zero-order valence-electron chi connectivity index (χ0n) is 12.7. The molecule has 0 aromatic rings. The van der Waals surface area contributed by atoms with Crippen LogP contribution in [0.5, 0.6) is 0 Å². The van der Waals surface area contributed by atoms with E-state index >= 15 is 0 Å². The van der Waals surface area contributed by atoms with E-state index in [0.717, 1.165) is 17.9 Å². The maximum absolute atomic E-state index is 11.3. The zero-order chi connectivity index (χ0) is 14.3. The minimum atomic E-state index is -0.175. The van der Waals surface area contributed by atoms with Crippen molar-refractivity contribution < 1.29 is 4.79 Å². The highest BCUT2D eigenvalue weighted by atomic mass is 16.3. The van der Waals surface area contributed by atoms with Gasteiger partial charge < -0.3 is 0 Å². The number of rotatable bonds is 13. The molecule has 0 aliphatic heterocycles. The number of carbonyl (C=O) groups is 1. The first-order chi connectivity index (χ1) is 9.22. The van der Waals surface area contributed by atoms with Gasteiger partial charge in [-0.25, -0.2) is 5.01 Å². The number of nitroso groups, excluding NO2 is 1. The van der Waals surface area contributed by atoms with Gasteiger partial charge in [0.05, 0.1) is 5.29 Å². The molecule has 0 heterocycles. The zero-order valence-corrected chi connectivity index (χ0v) is 12.7. The van der Waals surface area contributed by atoms with Gasteiger partial charge in [-0.2, -0.15) is 0 Å². The SMILES string of the molecule is CCCCCCCCCCCCCC(=O)N(C)N=O. The van der Waals surface area contributed by atoms with Crippen molar-refractivity contribution in [3.63, 3.8) is 0 Å². The molecule has 0 saturated heterocycles. The lowest BCUT2D eigenvalue weighted by Gasteiger charge is -2.06. The van der Waals surface area contributed by atoms with Crippen molar-refractivity contribution in [3.8, 4) is 0 Å². The van der Waals surface area contributed by atoms with Crippen LogP contribution in [0.1, 0.15) is 84.0 Å². The summed E-state index contributed by atoms with van der Waals surface area (Å²) in [5, 5.41) is 3.48. The highest BCUT2D eigenvalue weighted by molar-refractivity contribution is 5.75. The first-order valence-electron chi connectivity index (χ1n) is 7.82. The lowest BCUT2D eigenvalue weighted by Crippen LogP contribution is -2.19. The van der Waals surface area contributed by atoms with Crippen LogP contribution in [0.3, 0.4) is 0 Å². The van der Waals surface area contributed by atoms with Crippen LogP contribution < -0.4 is 0 Å². The van der Waals surface area contributed by atoms with E-state index in [1.807, 2.05) is 0 Å². The quantitative estimate of drug-likeness (QED) is 0.273. The van der Waals surface area contributed by atoms with E-state index in [2.05, 4.69) is 12.2 Å². The summed E-state index contributed by atoms with van der Waals surface area (Å²) >= 11 is 0. The fraction of sp³-hybridized carbons (Fsp3) is 0.933. The number of carbonyl (C=O) groups excluding carboxylic acids is 1. The van der Waals surface area contributed by atoms with Crippen molar-refractivity contribution in [3.05, 3.63) is 4.91 Å². The molecule has 19 heavy (non-hydrogen) atoms. The van der Waals surface area contributed by atoms with Gasteiger partial charge in [0.15, 0.2) is 0 Å². The molecule has 0 rings (SSSR count). The number of amides is 1. The van der Waals surface area contributed by atoms with Crippen LogP contribution >= 0.6 is 0 Å². The second-order valence-electron chi connectivity index (χ2n) is 5.28. The van der Waals surface area contributed by atoms with Crippen molar-refractivity contribution in [1.82, 2.24) is 5.01 Å². The topological polar surface area (TPSA) is 49.7 Å². The number of hydrogen-bond acceptors (Lipinski definition) is 3. The first kappa shape index (κ1) is 18.1. The molecule has 0 aliphatic carbocycles. The Morgan fingerprint density at radius 1 is 0.842 bits per heavy atom. The average molecular weight is 270 g/mol. The van der Waals surface area contributed by atoms with Gasteiger partial charge in [0.25, 0.3) is 0 Å². The van der Waals surface area contributed by atoms with E-state index in [4.69, 9.17) is 0 Å². The normalized spacial score (nSPS) is 10.4. The average Bonchev–Trinajstić information content (AvgIpc) is 2.43. The Balaban J connectivity index is 3.15. The van der Waals surface area contributed by atoms with Gasteiger partial charge in [-0.3, -0.25) is 4.79 Å². The Morgan fingerprint density at radius 3 is 1.68 bits per heavy atom. The summed E-state index contributed by atoms with van der Waals surface area (Å²) in [4.78, 5) is 21.4. The molecule has 0 spiro atoms. The molecule has 0 unspecified atom stereocenters. The van der Waals surface area contributed by atoms with E-state index in [-0.39, 0.29) is 5.91 Å². The first-order valence-corrected chi connectivity index (χ1v) is 7.82. The molecule has 0 atom stereocenters. The molecule has 0 radical (unpaired) electrons. The molecule has 0 bridgehead atoms. The van der Waals surface area contributed by atoms with Gasteiger partial charge in [-0.1, -0.05) is 71.1 Å². The highest BCUT2D eigenvalue weighted by Gasteiger charge is 2.07. The van der Waals surface area contributed by atoms with Crippen LogP contribution in [0.4, 0.5) is 0 Å². The minimum Gasteiger partial charge on any atom is -0.273 e. The number of hydrogen-bond donors (Lipinski definition) is 0. The molecule has 0 N–H and O–H groups in total. The summed E-state index contributed by atoms with van der Waals surface area (Å²) in [6.45, 7) is 2.24. The van der Waals surface area contributed by atoms with Crippen LogP contribution in [-0.4, -0.2) is 18.0 Å². The Bertz CT molecular complexity index is 232. The van der Waals surface area contributed by atoms with E-state index < -0.39 is 0 Å². The Kier molecular flexibility index (Phi) is 12.8. The number of unbranched alkanes of at least 4 members (excludes halogenated alkanes) is 10. The molecule has 0 aromatic heterocycles. The summed E-state index contributed by atoms with van der Waals surface area (Å²) in [7, 11) is 1.41. The van der Waals surface area contributed by atoms with Crippen LogP contribution in [0.25, 0.3) is 0 Å². The third-order valence-corrected chi connectivity index (χ3v) is 3.48. The van der Waals surface area contributed by atoms with Crippen molar-refractivity contribution in [2.45, 2.75) is 84.0 Å². The highest BCUT2D eigenvalue weighted by Crippen LogP contribution is 2.12. The molecular formula is C15H30N2O2. The van der Waals surface area contributed by atoms with Gasteiger partial charge >= 0.3 is 0 Å². The van der Waals surface area contributed by atoms with Crippen molar-refractivity contribution in [1.29, 1.82) is 0 Å². The maximum atomic E-state index is 11.3. The van der Waals surface area contributed by atoms with E-state index in [1.54, 1.807) is 0 Å². The molecule has 0 aromatic carbocycles. The van der Waals surface area contributed by atoms with Crippen molar-refractivity contribution >= 4 is 5.91 Å². The molecular weight excluding hydrogens is 240 g/mol. The predicted molar refractivity (Wildman–Crippen MR) is 79.6 cm³/mol. The molecule has 0 saturated carbocycles. The predicted octanol–water partition coefficient (Wildman–Crippen LogP) is 4.83. The molecule has 112 valence electrons. The monoisotopic (exact) mass is 270 g/mol. The maximum Gasteiger partial charge on any atom is 0.244 e. The second kappa shape index (κ2) is 13.5. The van der Waals surface area contributed by atoms with Gasteiger partial charge in [-0.15, -0.1) is 4.91 Å². The second-order valence-corrected chi connectivity index (χ2v) is 5.28. The Labute approximate surface area is 117 Å². The Morgan fingerprint density at radius 2 is 1.26 bits per heavy atom. The standard InChI is InChI=1S/C15H30N2O2/c1-3-4-5-6-7-8-9-10-11-12-13-14-15(18)17(2)16-19/h3-14H2,1-2H3. The largest absolute Gasteiger partial charge is 0.273 e. The number of nitrogens with zero attached hydrogens (tertiary/aromatic N) is 2. The van der Waals surface area contributed by atoms with Gasteiger partial charge in [0.1, 0.15) is 0 Å². The van der Waals surface area contributed by atoms with Crippen LogP contribution in [0.2, 0.25) is 0 Å². The Hall–Kier alpha value is -0.930. The lowest BCUT2D eigenvalue weighted by molar-refractivity contribution is -0.130. The molecule has 1 amide bonds. The summed E-state index contributed by atoms with van der Waals surface area (Å²) in [6.07, 6.45) is 14.3. The summed E-state index contributed by atoms with van der Waals surface area (Å²) < 4.78 is 0. The summed E-state index contributed by atoms with van der Waals surface area (Å²) in [5.74, 6) is -0.175. The van der Waals surface area contributed by atoms with Crippen LogP contribution in [0.15, 0.2) is 5.29 Å². The molecule has 0 aliphatic rings. The van der Waals surface area contributed by atoms with Gasteiger partial charge in [0.2, 0.25) is 5.91 Å². The van der Waals surface area contributed by atoms with Crippen LogP contribution in [-0.2, 0) is 4.79 Å².